The number of thioether (sulfide) groups is 1. The predicted molar refractivity (Wildman–Crippen MR) is 121 cm³/mol. The van der Waals surface area contributed by atoms with Crippen molar-refractivity contribution in [2.45, 2.75) is 38.0 Å². The number of aryl methyl sites for hydroxylation is 1. The first kappa shape index (κ1) is 21.8. The summed E-state index contributed by atoms with van der Waals surface area (Å²) in [5, 5.41) is 15.0. The Morgan fingerprint density at radius 1 is 1.20 bits per heavy atom. The number of amides is 1. The molecule has 1 atom stereocenters. The Labute approximate surface area is 184 Å². The Hall–Kier alpha value is -2.89. The molecule has 30 heavy (non-hydrogen) atoms. The number of carbonyl (C=O) groups is 1. The van der Waals surface area contributed by atoms with E-state index >= 15 is 0 Å². The van der Waals surface area contributed by atoms with Crippen LogP contribution in [0.2, 0.25) is 0 Å². The van der Waals surface area contributed by atoms with Gasteiger partial charge in [-0.1, -0.05) is 11.8 Å². The molecule has 8 heteroatoms. The van der Waals surface area contributed by atoms with Gasteiger partial charge in [0.2, 0.25) is 5.91 Å². The summed E-state index contributed by atoms with van der Waals surface area (Å²) in [5.74, 6) is 0.595. The lowest BCUT2D eigenvalue weighted by Crippen LogP contribution is -2.22. The maximum atomic E-state index is 12.7. The van der Waals surface area contributed by atoms with Crippen LogP contribution >= 0.6 is 23.1 Å². The highest BCUT2D eigenvalue weighted by molar-refractivity contribution is 8.00. The molecular formula is C22H22N4O2S2. The van der Waals surface area contributed by atoms with Gasteiger partial charge in [0.1, 0.15) is 16.8 Å². The van der Waals surface area contributed by atoms with E-state index in [1.165, 1.54) is 23.1 Å². The molecule has 0 saturated heterocycles. The Bertz CT molecular complexity index is 1120. The van der Waals surface area contributed by atoms with Crippen LogP contribution in [0.25, 0.3) is 11.3 Å². The van der Waals surface area contributed by atoms with Gasteiger partial charge in [0.05, 0.1) is 23.6 Å². The second-order valence-corrected chi connectivity index (χ2v) is 8.94. The molecule has 1 amide bonds. The third-order valence-electron chi connectivity index (χ3n) is 4.85. The summed E-state index contributed by atoms with van der Waals surface area (Å²) in [6.45, 7) is 7.57. The zero-order chi connectivity index (χ0) is 21.8. The number of pyridine rings is 1. The number of carbonyl (C=O) groups excluding carboxylic acids is 1. The lowest BCUT2D eigenvalue weighted by atomic mass is 10.1. The molecule has 1 aromatic carbocycles. The van der Waals surface area contributed by atoms with Gasteiger partial charge in [-0.15, -0.1) is 11.3 Å². The lowest BCUT2D eigenvalue weighted by Gasteiger charge is -2.14. The number of rotatable bonds is 6. The number of hydrogen-bond donors (Lipinski definition) is 1. The average molecular weight is 439 g/mol. The maximum Gasteiger partial charge on any atom is 0.239 e. The fourth-order valence-corrected chi connectivity index (χ4v) is 4.51. The summed E-state index contributed by atoms with van der Waals surface area (Å²) in [7, 11) is 1.62. The normalized spacial score (nSPS) is 11.6. The Kier molecular flexibility index (Phi) is 6.75. The number of methoxy groups -OCH3 is 1. The summed E-state index contributed by atoms with van der Waals surface area (Å²) in [5.41, 5.74) is 5.04. The lowest BCUT2D eigenvalue weighted by molar-refractivity contribution is -0.115. The van der Waals surface area contributed by atoms with Gasteiger partial charge in [-0.2, -0.15) is 5.26 Å². The maximum absolute atomic E-state index is 12.7. The topological polar surface area (TPSA) is 87.9 Å². The molecule has 1 N–H and O–H groups in total. The van der Waals surface area contributed by atoms with Crippen LogP contribution in [0.15, 0.2) is 34.7 Å². The highest BCUT2D eigenvalue weighted by Crippen LogP contribution is 2.31. The van der Waals surface area contributed by atoms with E-state index in [9.17, 15) is 10.1 Å². The quantitative estimate of drug-likeness (QED) is 0.537. The summed E-state index contributed by atoms with van der Waals surface area (Å²) >= 11 is 2.65. The molecule has 2 heterocycles. The first-order valence-electron chi connectivity index (χ1n) is 9.29. The zero-order valence-electron chi connectivity index (χ0n) is 17.4. The van der Waals surface area contributed by atoms with Crippen LogP contribution in [0.1, 0.15) is 29.3 Å². The van der Waals surface area contributed by atoms with Crippen molar-refractivity contribution in [3.05, 3.63) is 52.0 Å². The molecule has 1 unspecified atom stereocenters. The molecule has 0 spiro atoms. The van der Waals surface area contributed by atoms with Gasteiger partial charge in [-0.25, -0.2) is 9.97 Å². The van der Waals surface area contributed by atoms with Crippen LogP contribution in [-0.4, -0.2) is 28.2 Å². The Morgan fingerprint density at radius 2 is 1.90 bits per heavy atom. The molecular weight excluding hydrogens is 416 g/mol. The minimum atomic E-state index is -0.431. The van der Waals surface area contributed by atoms with E-state index in [0.29, 0.717) is 15.7 Å². The van der Waals surface area contributed by atoms with E-state index in [4.69, 9.17) is 4.74 Å². The van der Waals surface area contributed by atoms with Crippen molar-refractivity contribution >= 4 is 34.1 Å². The highest BCUT2D eigenvalue weighted by atomic mass is 32.2. The van der Waals surface area contributed by atoms with Crippen LogP contribution in [0, 0.1) is 32.1 Å². The predicted octanol–water partition coefficient (Wildman–Crippen LogP) is 5.13. The van der Waals surface area contributed by atoms with Gasteiger partial charge in [0, 0.05) is 16.6 Å². The molecule has 0 fully saturated rings. The largest absolute Gasteiger partial charge is 0.497 e. The zero-order valence-corrected chi connectivity index (χ0v) is 19.1. The molecule has 0 radical (unpaired) electrons. The molecule has 0 aliphatic rings. The second-order valence-electron chi connectivity index (χ2n) is 6.75. The van der Waals surface area contributed by atoms with E-state index in [0.717, 1.165) is 33.8 Å². The van der Waals surface area contributed by atoms with Gasteiger partial charge in [0.25, 0.3) is 0 Å². The fourth-order valence-electron chi connectivity index (χ4n) is 2.78. The molecule has 6 nitrogen and oxygen atoms in total. The van der Waals surface area contributed by atoms with Crippen LogP contribution in [-0.2, 0) is 4.79 Å². The van der Waals surface area contributed by atoms with E-state index in [1.54, 1.807) is 14.0 Å². The van der Waals surface area contributed by atoms with Gasteiger partial charge in [-0.3, -0.25) is 4.79 Å². The van der Waals surface area contributed by atoms with Gasteiger partial charge < -0.3 is 10.1 Å². The molecule has 0 aliphatic carbocycles. The number of nitrogens with one attached hydrogen (secondary N) is 1. The molecule has 0 saturated carbocycles. The second kappa shape index (κ2) is 9.28. The standard InChI is InChI=1S/C22H22N4O2S2/c1-12-13(2)18(10-23)21(24-14(12)3)30-15(4)20(27)26-22-25-19(11-29-22)16-6-8-17(28-5)9-7-16/h6-9,11,15H,1-5H3,(H,25,26,27). The third-order valence-corrected chi connectivity index (χ3v) is 6.70. The molecule has 3 aromatic rings. The Morgan fingerprint density at radius 3 is 2.53 bits per heavy atom. The first-order chi connectivity index (χ1) is 14.3. The van der Waals surface area contributed by atoms with Crippen LogP contribution in [0.3, 0.4) is 0 Å². The number of anilines is 1. The SMILES string of the molecule is COc1ccc(-c2csc(NC(=O)C(C)Sc3nc(C)c(C)c(C)c3C#N)n2)cc1. The molecule has 0 bridgehead atoms. The summed E-state index contributed by atoms with van der Waals surface area (Å²) in [6.07, 6.45) is 0. The van der Waals surface area contributed by atoms with Crippen molar-refractivity contribution in [2.24, 2.45) is 0 Å². The van der Waals surface area contributed by atoms with Crippen molar-refractivity contribution in [2.75, 3.05) is 12.4 Å². The molecule has 154 valence electrons. The van der Waals surface area contributed by atoms with E-state index in [2.05, 4.69) is 21.4 Å². The van der Waals surface area contributed by atoms with Crippen LogP contribution in [0.4, 0.5) is 5.13 Å². The third kappa shape index (κ3) is 4.64. The molecule has 2 aromatic heterocycles. The molecule has 0 aliphatic heterocycles. The highest BCUT2D eigenvalue weighted by Gasteiger charge is 2.21. The number of benzene rings is 1. The monoisotopic (exact) mass is 438 g/mol. The number of aromatic nitrogens is 2. The number of ether oxygens (including phenoxy) is 1. The summed E-state index contributed by atoms with van der Waals surface area (Å²) < 4.78 is 5.17. The van der Waals surface area contributed by atoms with E-state index < -0.39 is 5.25 Å². The number of nitrogens with zero attached hydrogens (tertiary/aromatic N) is 3. The van der Waals surface area contributed by atoms with Crippen LogP contribution < -0.4 is 10.1 Å². The van der Waals surface area contributed by atoms with Crippen LogP contribution in [0.5, 0.6) is 5.75 Å². The molecule has 3 rings (SSSR count). The first-order valence-corrected chi connectivity index (χ1v) is 11.0. The van der Waals surface area contributed by atoms with Crippen molar-refractivity contribution in [3.8, 4) is 23.1 Å². The summed E-state index contributed by atoms with van der Waals surface area (Å²) in [4.78, 5) is 21.7. The summed E-state index contributed by atoms with van der Waals surface area (Å²) in [6, 6.07) is 9.82. The average Bonchev–Trinajstić information content (AvgIpc) is 3.20. The van der Waals surface area contributed by atoms with E-state index in [1.807, 2.05) is 50.4 Å². The number of hydrogen-bond acceptors (Lipinski definition) is 7. The van der Waals surface area contributed by atoms with Gasteiger partial charge in [-0.05, 0) is 63.1 Å². The number of thiazole rings is 1. The number of nitriles is 1. The Balaban J connectivity index is 1.71. The minimum Gasteiger partial charge on any atom is -0.497 e. The smallest absolute Gasteiger partial charge is 0.239 e. The minimum absolute atomic E-state index is 0.183. The van der Waals surface area contributed by atoms with Crippen molar-refractivity contribution in [3.63, 3.8) is 0 Å². The van der Waals surface area contributed by atoms with Crippen molar-refractivity contribution in [1.29, 1.82) is 5.26 Å². The van der Waals surface area contributed by atoms with Gasteiger partial charge >= 0.3 is 0 Å². The van der Waals surface area contributed by atoms with E-state index in [-0.39, 0.29) is 5.91 Å². The van der Waals surface area contributed by atoms with Crippen molar-refractivity contribution in [1.82, 2.24) is 9.97 Å². The fraction of sp³-hybridized carbons (Fsp3) is 0.273. The van der Waals surface area contributed by atoms with Gasteiger partial charge in [0.15, 0.2) is 5.13 Å². The van der Waals surface area contributed by atoms with Crippen molar-refractivity contribution < 1.29 is 9.53 Å².